The molecule has 1 unspecified atom stereocenters. The van der Waals surface area contributed by atoms with Crippen LogP contribution in [0.1, 0.15) is 45.6 Å². The average Bonchev–Trinajstić information content (AvgIpc) is 3.45. The highest BCUT2D eigenvalue weighted by Crippen LogP contribution is 2.17. The van der Waals surface area contributed by atoms with Crippen LogP contribution in [0.5, 0.6) is 0 Å². The topological polar surface area (TPSA) is 97.0 Å². The summed E-state index contributed by atoms with van der Waals surface area (Å²) in [4.78, 5) is 40.2. The zero-order chi connectivity index (χ0) is 24.8. The molecule has 0 bridgehead atoms. The zero-order valence-electron chi connectivity index (χ0n) is 19.5. The van der Waals surface area contributed by atoms with Crippen LogP contribution in [0.2, 0.25) is 5.02 Å². The van der Waals surface area contributed by atoms with Crippen molar-refractivity contribution in [1.29, 1.82) is 0 Å². The van der Waals surface area contributed by atoms with Crippen LogP contribution in [0.15, 0.2) is 24.3 Å². The van der Waals surface area contributed by atoms with Gasteiger partial charge in [-0.05, 0) is 37.3 Å². The molecule has 0 saturated carbocycles. The highest BCUT2D eigenvalue weighted by molar-refractivity contribution is 6.31. The number of carbonyl (C=O) groups excluding carboxylic acids is 3. The Labute approximate surface area is 201 Å². The van der Waals surface area contributed by atoms with E-state index in [1.54, 1.807) is 0 Å². The van der Waals surface area contributed by atoms with Gasteiger partial charge in [-0.25, -0.2) is 0 Å². The summed E-state index contributed by atoms with van der Waals surface area (Å²) in [6.45, 7) is 7.75. The number of hydroxylamine groups is 1. The van der Waals surface area contributed by atoms with E-state index in [2.05, 4.69) is 44.4 Å². The second kappa shape index (κ2) is 15.3. The van der Waals surface area contributed by atoms with E-state index >= 15 is 0 Å². The van der Waals surface area contributed by atoms with Gasteiger partial charge in [-0.2, -0.15) is 5.48 Å². The quantitative estimate of drug-likeness (QED) is 0.257. The molecular formula is C24H34ClN3O5. The molecular weight excluding hydrogens is 446 g/mol. The number of cyclic esters (lactones) is 1. The van der Waals surface area contributed by atoms with Crippen LogP contribution in [0.4, 0.5) is 0 Å². The van der Waals surface area contributed by atoms with Crippen LogP contribution >= 0.6 is 11.6 Å². The first-order valence-electron chi connectivity index (χ1n) is 10.9. The van der Waals surface area contributed by atoms with Crippen molar-refractivity contribution in [3.63, 3.8) is 0 Å². The molecule has 33 heavy (non-hydrogen) atoms. The van der Waals surface area contributed by atoms with E-state index in [0.29, 0.717) is 37.9 Å². The van der Waals surface area contributed by atoms with Crippen molar-refractivity contribution < 1.29 is 24.0 Å². The molecule has 9 heteroatoms. The molecule has 0 radical (unpaired) electrons. The summed E-state index contributed by atoms with van der Waals surface area (Å²) in [6, 6.07) is 7.41. The molecule has 2 amide bonds. The number of halogens is 1. The maximum atomic E-state index is 11.8. The fraction of sp³-hybridized carbons (Fsp3) is 0.542. The van der Waals surface area contributed by atoms with E-state index in [-0.39, 0.29) is 37.0 Å². The van der Waals surface area contributed by atoms with Crippen molar-refractivity contribution in [1.82, 2.24) is 15.7 Å². The smallest absolute Gasteiger partial charge is 0.308 e. The number of hydrogen-bond donors (Lipinski definition) is 2. The lowest BCUT2D eigenvalue weighted by Crippen LogP contribution is -2.46. The molecule has 1 aromatic carbocycles. The van der Waals surface area contributed by atoms with Crippen LogP contribution in [0, 0.1) is 18.8 Å². The summed E-state index contributed by atoms with van der Waals surface area (Å²) in [6.07, 6.45) is 10.5. The van der Waals surface area contributed by atoms with Gasteiger partial charge in [0, 0.05) is 17.6 Å². The van der Waals surface area contributed by atoms with Crippen LogP contribution in [-0.4, -0.2) is 54.5 Å². The largest absolute Gasteiger partial charge is 0.463 e. The van der Waals surface area contributed by atoms with Gasteiger partial charge in [0.1, 0.15) is 12.6 Å². The molecule has 0 spiro atoms. The van der Waals surface area contributed by atoms with Gasteiger partial charge in [0.05, 0.1) is 19.1 Å². The maximum Gasteiger partial charge on any atom is 0.308 e. The Morgan fingerprint density at radius 2 is 2.03 bits per heavy atom. The molecule has 1 aromatic rings. The molecule has 2 saturated heterocycles. The number of rotatable bonds is 8. The minimum atomic E-state index is -0.381. The Morgan fingerprint density at radius 3 is 2.61 bits per heavy atom. The predicted octanol–water partition coefficient (Wildman–Crippen LogP) is 2.69. The van der Waals surface area contributed by atoms with Crippen molar-refractivity contribution in [2.45, 2.75) is 64.8 Å². The molecule has 2 aliphatic heterocycles. The minimum absolute atomic E-state index is 0.187. The van der Waals surface area contributed by atoms with E-state index in [4.69, 9.17) is 21.2 Å². The summed E-state index contributed by atoms with van der Waals surface area (Å²) < 4.78 is 4.75. The lowest BCUT2D eigenvalue weighted by atomic mass is 10.1. The Kier molecular flexibility index (Phi) is 13.2. The van der Waals surface area contributed by atoms with Crippen molar-refractivity contribution in [3.05, 3.63) is 34.9 Å². The van der Waals surface area contributed by atoms with Gasteiger partial charge in [-0.1, -0.05) is 43.6 Å². The molecule has 0 aliphatic carbocycles. The first kappa shape index (κ1) is 28.4. The lowest BCUT2D eigenvalue weighted by Gasteiger charge is -2.20. The summed E-state index contributed by atoms with van der Waals surface area (Å²) in [5, 5.41) is 3.48. The fourth-order valence-electron chi connectivity index (χ4n) is 3.10. The second-order valence-corrected chi connectivity index (χ2v) is 8.53. The molecule has 2 aliphatic rings. The summed E-state index contributed by atoms with van der Waals surface area (Å²) in [5.41, 5.74) is 4.00. The number of terminal acetylenes is 1. The third-order valence-electron chi connectivity index (χ3n) is 5.39. The van der Waals surface area contributed by atoms with Gasteiger partial charge in [0.2, 0.25) is 12.3 Å². The van der Waals surface area contributed by atoms with E-state index in [9.17, 15) is 14.4 Å². The molecule has 182 valence electrons. The number of carbonyl (C=O) groups is 3. The van der Waals surface area contributed by atoms with Crippen LogP contribution in [0.3, 0.4) is 0 Å². The number of likely N-dealkylation sites (tertiary alicyclic amines) is 1. The third-order valence-corrected chi connectivity index (χ3v) is 5.76. The van der Waals surface area contributed by atoms with Crippen LogP contribution < -0.4 is 10.8 Å². The van der Waals surface area contributed by atoms with Crippen molar-refractivity contribution in [3.8, 4) is 12.8 Å². The monoisotopic (exact) mass is 479 g/mol. The number of nitrogens with one attached hydrogen (secondary N) is 2. The van der Waals surface area contributed by atoms with Crippen molar-refractivity contribution in [2.75, 3.05) is 13.2 Å². The Morgan fingerprint density at radius 1 is 1.33 bits per heavy atom. The fourth-order valence-corrected chi connectivity index (χ4v) is 3.29. The molecule has 3 rings (SSSR count). The highest BCUT2D eigenvalue weighted by Gasteiger charge is 2.33. The van der Waals surface area contributed by atoms with Gasteiger partial charge in [0.25, 0.3) is 0 Å². The number of nitrogens with zero attached hydrogens (tertiary/aromatic N) is 1. The predicted molar refractivity (Wildman–Crippen MR) is 127 cm³/mol. The third kappa shape index (κ3) is 9.82. The maximum absolute atomic E-state index is 11.8. The summed E-state index contributed by atoms with van der Waals surface area (Å²) in [7, 11) is 0. The molecule has 2 fully saturated rings. The second-order valence-electron chi connectivity index (χ2n) is 8.12. The summed E-state index contributed by atoms with van der Waals surface area (Å²) >= 11 is 5.99. The first-order chi connectivity index (χ1) is 15.8. The van der Waals surface area contributed by atoms with Gasteiger partial charge < -0.3 is 15.0 Å². The van der Waals surface area contributed by atoms with Gasteiger partial charge in [-0.3, -0.25) is 19.2 Å². The average molecular weight is 480 g/mol. The normalized spacial score (nSPS) is 20.1. The zero-order valence-corrected chi connectivity index (χ0v) is 20.2. The number of benzene rings is 1. The Balaban J connectivity index is 0.000000308. The Hall–Kier alpha value is -2.60. The molecule has 3 atom stereocenters. The molecule has 2 heterocycles. The molecule has 2 N–H and O–H groups in total. The molecule has 0 aromatic heterocycles. The van der Waals surface area contributed by atoms with Crippen molar-refractivity contribution >= 4 is 29.9 Å². The number of hydrogen-bond acceptors (Lipinski definition) is 6. The minimum Gasteiger partial charge on any atom is -0.463 e. The van der Waals surface area contributed by atoms with Gasteiger partial charge in [-0.15, -0.1) is 12.8 Å². The van der Waals surface area contributed by atoms with Gasteiger partial charge >= 0.3 is 5.97 Å². The highest BCUT2D eigenvalue weighted by atomic mass is 35.5. The van der Waals surface area contributed by atoms with Crippen molar-refractivity contribution in [2.24, 2.45) is 5.92 Å². The number of esters is 1. The van der Waals surface area contributed by atoms with Gasteiger partial charge in [0.15, 0.2) is 0 Å². The Bertz CT molecular complexity index is 786. The van der Waals surface area contributed by atoms with E-state index in [1.807, 2.05) is 24.3 Å². The number of amides is 2. The van der Waals surface area contributed by atoms with E-state index < -0.39 is 0 Å². The standard InChI is InChI=1S/C12H18ClNO.C10H14N2O4.C2H2/c1-9(2)10(3)14-15-8-11-6-4-5-7-12(11)13;13-6-12-3-1-2-8(12)10(15)11-7-4-9(14)16-5-7;1-2/h4-7,9-10,14H,8H2,1-3H3;6-8H,1-5H2,(H,11,15);1-2H/t;7-,8-;/m.0./s1. The SMILES string of the molecule is C#C.CC(C)C(C)NOCc1ccccc1Cl.O=CN1CCC[C@H]1C(=O)N[C@@H]1COC(=O)C1. The summed E-state index contributed by atoms with van der Waals surface area (Å²) in [5.74, 6) is 0.0770. The lowest BCUT2D eigenvalue weighted by molar-refractivity contribution is -0.138. The number of ether oxygens (including phenoxy) is 1. The first-order valence-corrected chi connectivity index (χ1v) is 11.3. The van der Waals surface area contributed by atoms with E-state index in [0.717, 1.165) is 17.0 Å². The van der Waals surface area contributed by atoms with E-state index in [1.165, 1.54) is 4.90 Å². The van der Waals surface area contributed by atoms with Crippen LogP contribution in [0.25, 0.3) is 0 Å². The molecule has 8 nitrogen and oxygen atoms in total. The van der Waals surface area contributed by atoms with Crippen LogP contribution in [-0.2, 0) is 30.6 Å².